The molecule has 2 aromatic carbocycles. The maximum absolute atomic E-state index is 12.9. The van der Waals surface area contributed by atoms with Crippen LogP contribution in [-0.4, -0.2) is 71.1 Å². The Kier molecular flexibility index (Phi) is 11.0. The van der Waals surface area contributed by atoms with Crippen LogP contribution in [0.2, 0.25) is 5.02 Å². The number of nitrogens with one attached hydrogen (secondary N) is 4. The van der Waals surface area contributed by atoms with E-state index in [1.54, 1.807) is 12.1 Å². The van der Waals surface area contributed by atoms with Crippen molar-refractivity contribution in [2.45, 2.75) is 43.4 Å². The summed E-state index contributed by atoms with van der Waals surface area (Å²) < 4.78 is 48.2. The minimum absolute atomic E-state index is 0.0221. The number of nitrogens with zero attached hydrogens (tertiary/aromatic N) is 3. The largest absolute Gasteiger partial charge is 0.467 e. The molecule has 3 amide bonds. The lowest BCUT2D eigenvalue weighted by molar-refractivity contribution is -0.154. The molecular weight excluding hydrogens is 649 g/mol. The van der Waals surface area contributed by atoms with E-state index < -0.39 is 54.1 Å². The molecule has 250 valence electrons. The molecule has 0 aliphatic heterocycles. The zero-order valence-electron chi connectivity index (χ0n) is 24.8. The van der Waals surface area contributed by atoms with Gasteiger partial charge < -0.3 is 36.5 Å². The monoisotopic (exact) mass is 678 g/mol. The summed E-state index contributed by atoms with van der Waals surface area (Å²) >= 11 is 6.01. The van der Waals surface area contributed by atoms with Crippen molar-refractivity contribution in [3.8, 4) is 6.01 Å². The van der Waals surface area contributed by atoms with E-state index in [1.807, 2.05) is 12.1 Å². The Morgan fingerprint density at radius 2 is 1.66 bits per heavy atom. The third kappa shape index (κ3) is 10.2. The average molecular weight is 679 g/mol. The number of methoxy groups -OCH3 is 1. The molecule has 0 saturated heterocycles. The number of alkyl halides is 3. The third-order valence-electron chi connectivity index (χ3n) is 6.85. The van der Waals surface area contributed by atoms with Gasteiger partial charge in [0.2, 0.25) is 11.9 Å². The molecular formula is C29H30ClF3N8O6. The van der Waals surface area contributed by atoms with Gasteiger partial charge in [-0.3, -0.25) is 14.4 Å². The lowest BCUT2D eigenvalue weighted by Crippen LogP contribution is -2.42. The van der Waals surface area contributed by atoms with Crippen LogP contribution in [0.4, 0.5) is 30.8 Å². The van der Waals surface area contributed by atoms with E-state index in [-0.39, 0.29) is 36.8 Å². The number of primary amides is 1. The minimum Gasteiger partial charge on any atom is -0.467 e. The molecule has 1 heterocycles. The molecule has 0 radical (unpaired) electrons. The summed E-state index contributed by atoms with van der Waals surface area (Å²) in [5.74, 6) is -3.60. The molecule has 4 rings (SSSR count). The van der Waals surface area contributed by atoms with Crippen molar-refractivity contribution in [3.05, 3.63) is 64.7 Å². The number of esters is 1. The van der Waals surface area contributed by atoms with Crippen molar-refractivity contribution in [1.82, 2.24) is 25.6 Å². The van der Waals surface area contributed by atoms with E-state index in [2.05, 4.69) is 36.2 Å². The van der Waals surface area contributed by atoms with Gasteiger partial charge in [0.1, 0.15) is 6.04 Å². The Labute approximate surface area is 271 Å². The fourth-order valence-corrected chi connectivity index (χ4v) is 4.46. The Bertz CT molecular complexity index is 1600. The first-order valence-electron chi connectivity index (χ1n) is 14.1. The third-order valence-corrected chi connectivity index (χ3v) is 7.10. The number of ether oxygens (including phenoxy) is 2. The standard InChI is InChI=1S/C29H30ClF3N8O6/c1-46-24(45)20(3-2-14-35-23(44)21(34)42)37-22(43)16-4-10-19(11-5-16)36-25-38-26(40-27(39-25)47-15-29(31,32)33)41-28(12-13-28)17-6-8-18(30)9-7-17/h4-11,20H,2-3,12-15H2,1H3,(H2,34,42)(H,35,44)(H,37,43)(H2,36,38,39,40,41). The number of carbonyl (C=O) groups excluding carboxylic acids is 4. The van der Waals surface area contributed by atoms with Crippen LogP contribution >= 0.6 is 11.6 Å². The summed E-state index contributed by atoms with van der Waals surface area (Å²) in [4.78, 5) is 59.5. The summed E-state index contributed by atoms with van der Waals surface area (Å²) in [6.45, 7) is -1.58. The fourth-order valence-electron chi connectivity index (χ4n) is 4.34. The molecule has 1 atom stereocenters. The number of rotatable bonds is 14. The van der Waals surface area contributed by atoms with Gasteiger partial charge in [-0.05, 0) is 67.6 Å². The van der Waals surface area contributed by atoms with E-state index in [1.165, 1.54) is 24.3 Å². The second kappa shape index (κ2) is 14.9. The van der Waals surface area contributed by atoms with Crippen LogP contribution in [-0.2, 0) is 24.7 Å². The normalized spacial score (nSPS) is 13.9. The molecule has 0 bridgehead atoms. The number of amides is 3. The van der Waals surface area contributed by atoms with E-state index >= 15 is 0 Å². The Morgan fingerprint density at radius 1 is 1.00 bits per heavy atom. The summed E-state index contributed by atoms with van der Waals surface area (Å²) in [5, 5.41) is 11.4. The van der Waals surface area contributed by atoms with Crippen molar-refractivity contribution in [1.29, 1.82) is 0 Å². The van der Waals surface area contributed by atoms with E-state index in [4.69, 9.17) is 26.8 Å². The number of anilines is 3. The summed E-state index contributed by atoms with van der Waals surface area (Å²) in [6.07, 6.45) is -2.88. The first kappa shape index (κ1) is 34.7. The van der Waals surface area contributed by atoms with Crippen molar-refractivity contribution in [3.63, 3.8) is 0 Å². The molecule has 14 nitrogen and oxygen atoms in total. The maximum Gasteiger partial charge on any atom is 0.422 e. The van der Waals surface area contributed by atoms with Crippen molar-refractivity contribution in [2.75, 3.05) is 30.9 Å². The smallest absolute Gasteiger partial charge is 0.422 e. The molecule has 1 aliphatic carbocycles. The lowest BCUT2D eigenvalue weighted by atomic mass is 10.1. The van der Waals surface area contributed by atoms with Crippen LogP contribution < -0.4 is 31.7 Å². The minimum atomic E-state index is -4.63. The van der Waals surface area contributed by atoms with Gasteiger partial charge in [-0.25, -0.2) is 4.79 Å². The van der Waals surface area contributed by atoms with Crippen LogP contribution in [0.1, 0.15) is 41.6 Å². The van der Waals surface area contributed by atoms with Gasteiger partial charge in [-0.1, -0.05) is 23.7 Å². The lowest BCUT2D eigenvalue weighted by Gasteiger charge is -2.19. The van der Waals surface area contributed by atoms with Gasteiger partial charge in [0, 0.05) is 22.8 Å². The van der Waals surface area contributed by atoms with Gasteiger partial charge in [0.25, 0.3) is 5.91 Å². The highest BCUT2D eigenvalue weighted by atomic mass is 35.5. The predicted octanol–water partition coefficient (Wildman–Crippen LogP) is 2.96. The Morgan fingerprint density at radius 3 is 2.26 bits per heavy atom. The quantitative estimate of drug-likeness (QED) is 0.0954. The van der Waals surface area contributed by atoms with E-state index in [9.17, 15) is 32.3 Å². The number of hydrogen-bond donors (Lipinski definition) is 5. The Hall–Kier alpha value is -5.19. The van der Waals surface area contributed by atoms with Crippen LogP contribution in [0, 0.1) is 0 Å². The summed E-state index contributed by atoms with van der Waals surface area (Å²) in [7, 11) is 1.15. The molecule has 3 aromatic rings. The van der Waals surface area contributed by atoms with Crippen molar-refractivity contribution < 1.29 is 41.8 Å². The molecule has 6 N–H and O–H groups in total. The van der Waals surface area contributed by atoms with Crippen LogP contribution in [0.3, 0.4) is 0 Å². The average Bonchev–Trinajstić information content (AvgIpc) is 3.81. The van der Waals surface area contributed by atoms with Crippen LogP contribution in [0.5, 0.6) is 6.01 Å². The first-order chi connectivity index (χ1) is 22.3. The van der Waals surface area contributed by atoms with Crippen molar-refractivity contribution >= 4 is 52.9 Å². The van der Waals surface area contributed by atoms with Crippen LogP contribution in [0.25, 0.3) is 0 Å². The highest BCUT2D eigenvalue weighted by Gasteiger charge is 2.45. The number of aromatic nitrogens is 3. The maximum atomic E-state index is 12.9. The molecule has 1 unspecified atom stereocenters. The Balaban J connectivity index is 1.44. The predicted molar refractivity (Wildman–Crippen MR) is 162 cm³/mol. The second-order valence-electron chi connectivity index (χ2n) is 10.4. The zero-order valence-corrected chi connectivity index (χ0v) is 25.6. The van der Waals surface area contributed by atoms with Crippen LogP contribution in [0.15, 0.2) is 48.5 Å². The molecule has 47 heavy (non-hydrogen) atoms. The van der Waals surface area contributed by atoms with Crippen molar-refractivity contribution in [2.24, 2.45) is 5.73 Å². The molecule has 1 saturated carbocycles. The SMILES string of the molecule is COC(=O)C(CCCNC(=O)C(N)=O)NC(=O)c1ccc(Nc2nc(NC3(c4ccc(Cl)cc4)CC3)nc(OCC(F)(F)F)n2)cc1. The van der Waals surface area contributed by atoms with E-state index in [0.717, 1.165) is 12.7 Å². The highest BCUT2D eigenvalue weighted by molar-refractivity contribution is 6.34. The number of carbonyl (C=O) groups is 4. The fraction of sp³-hybridized carbons (Fsp3) is 0.345. The second-order valence-corrected chi connectivity index (χ2v) is 10.8. The van der Waals surface area contributed by atoms with Gasteiger partial charge in [-0.15, -0.1) is 0 Å². The number of hydrogen-bond acceptors (Lipinski definition) is 11. The molecule has 1 aliphatic rings. The van der Waals surface area contributed by atoms with Gasteiger partial charge in [0.05, 0.1) is 12.6 Å². The molecule has 18 heteroatoms. The van der Waals surface area contributed by atoms with Gasteiger partial charge in [0.15, 0.2) is 6.61 Å². The number of halogens is 4. The summed E-state index contributed by atoms with van der Waals surface area (Å²) in [5.41, 5.74) is 5.76. The first-order valence-corrected chi connectivity index (χ1v) is 14.5. The molecule has 0 spiro atoms. The molecule has 1 fully saturated rings. The zero-order chi connectivity index (χ0) is 34.2. The van der Waals surface area contributed by atoms with Gasteiger partial charge in [-0.2, -0.15) is 28.1 Å². The highest BCUT2D eigenvalue weighted by Crippen LogP contribution is 2.48. The topological polar surface area (TPSA) is 200 Å². The van der Waals surface area contributed by atoms with Gasteiger partial charge >= 0.3 is 30.0 Å². The summed E-state index contributed by atoms with van der Waals surface area (Å²) in [6, 6.07) is 11.4. The van der Waals surface area contributed by atoms with E-state index in [0.29, 0.717) is 23.6 Å². The number of benzene rings is 2. The molecule has 1 aromatic heterocycles. The number of nitrogens with two attached hydrogens (primary N) is 1.